The fourth-order valence-electron chi connectivity index (χ4n) is 2.26. The van der Waals surface area contributed by atoms with Crippen LogP contribution in [-0.4, -0.2) is 33.1 Å². The fraction of sp³-hybridized carbons (Fsp3) is 0. The lowest BCUT2D eigenvalue weighted by molar-refractivity contribution is -0.122. The summed E-state index contributed by atoms with van der Waals surface area (Å²) in [5.41, 5.74) is 2.02. The van der Waals surface area contributed by atoms with E-state index in [0.29, 0.717) is 22.3 Å². The molecule has 0 radical (unpaired) electrons. The van der Waals surface area contributed by atoms with Crippen LogP contribution in [0.3, 0.4) is 0 Å². The van der Waals surface area contributed by atoms with Crippen LogP contribution in [0.1, 0.15) is 31.8 Å². The van der Waals surface area contributed by atoms with E-state index in [4.69, 9.17) is 9.90 Å². The Morgan fingerprint density at radius 2 is 1.21 bits per heavy atom. The molecule has 0 atom stereocenters. The summed E-state index contributed by atoms with van der Waals surface area (Å²) in [7, 11) is 0. The lowest BCUT2D eigenvalue weighted by Crippen LogP contribution is -2.20. The summed E-state index contributed by atoms with van der Waals surface area (Å²) in [6.07, 6.45) is 5.08. The molecule has 0 fully saturated rings. The number of ketones is 2. The lowest BCUT2D eigenvalue weighted by Gasteiger charge is -2.16. The number of benzene rings is 2. The Bertz CT molecular complexity index is 719. The van der Waals surface area contributed by atoms with Crippen molar-refractivity contribution < 1.29 is 19.5 Å². The molecule has 1 heterocycles. The van der Waals surface area contributed by atoms with Crippen molar-refractivity contribution in [3.05, 3.63) is 89.5 Å². The van der Waals surface area contributed by atoms with Gasteiger partial charge in [0.1, 0.15) is 0 Å². The van der Waals surface area contributed by atoms with Gasteiger partial charge in [0.25, 0.3) is 6.47 Å². The number of hydrogen-bond donors (Lipinski definition) is 2. The van der Waals surface area contributed by atoms with Gasteiger partial charge in [0.15, 0.2) is 11.6 Å². The average Bonchev–Trinajstić information content (AvgIpc) is 3.20. The molecule has 0 saturated heterocycles. The molecule has 120 valence electrons. The Hall–Kier alpha value is -3.54. The number of carbonyl (C=O) groups excluding carboxylic acids is 2. The maximum absolute atomic E-state index is 12.1. The summed E-state index contributed by atoms with van der Waals surface area (Å²) in [4.78, 5) is 39.0. The Kier molecular flexibility index (Phi) is 5.74. The van der Waals surface area contributed by atoms with Gasteiger partial charge in [-0.2, -0.15) is 0 Å². The van der Waals surface area contributed by atoms with Gasteiger partial charge in [-0.05, 0) is 0 Å². The molecule has 6 heteroatoms. The van der Waals surface area contributed by atoms with Crippen LogP contribution in [0.2, 0.25) is 0 Å². The van der Waals surface area contributed by atoms with Gasteiger partial charge in [-0.25, -0.2) is 4.98 Å². The minimum absolute atomic E-state index is 0.0641. The van der Waals surface area contributed by atoms with E-state index in [1.165, 1.54) is 0 Å². The summed E-state index contributed by atoms with van der Waals surface area (Å²) in [6.45, 7) is -0.250. The van der Waals surface area contributed by atoms with Crippen molar-refractivity contribution in [1.82, 2.24) is 9.97 Å². The number of carbonyl (C=O) groups is 3. The van der Waals surface area contributed by atoms with Crippen LogP contribution in [0.5, 0.6) is 0 Å². The van der Waals surface area contributed by atoms with Crippen molar-refractivity contribution in [3.63, 3.8) is 0 Å². The van der Waals surface area contributed by atoms with Crippen LogP contribution in [0.15, 0.2) is 67.3 Å². The van der Waals surface area contributed by atoms with Crippen molar-refractivity contribution in [2.24, 2.45) is 0 Å². The number of aromatic amines is 1. The first-order valence-electron chi connectivity index (χ1n) is 6.98. The lowest BCUT2D eigenvalue weighted by atomic mass is 9.84. The van der Waals surface area contributed by atoms with Crippen LogP contribution in [0.4, 0.5) is 0 Å². The van der Waals surface area contributed by atoms with E-state index >= 15 is 0 Å². The SMILES string of the molecule is O=C1c2ccccc2C(=O)c2ccccc21.O=CO.c1c[nH]cn1. The minimum atomic E-state index is -0.250. The maximum Gasteiger partial charge on any atom is 0.290 e. The fourth-order valence-corrected chi connectivity index (χ4v) is 2.26. The predicted octanol–water partition coefficient (Wildman–Crippen LogP) is 2.57. The molecular formula is C18H14N2O4. The number of rotatable bonds is 0. The first-order valence-corrected chi connectivity index (χ1v) is 6.98. The second kappa shape index (κ2) is 8.19. The van der Waals surface area contributed by atoms with Gasteiger partial charge >= 0.3 is 0 Å². The number of hydrogen-bond acceptors (Lipinski definition) is 4. The smallest absolute Gasteiger partial charge is 0.290 e. The number of carboxylic acid groups (broad SMARTS) is 1. The summed E-state index contributed by atoms with van der Waals surface area (Å²) in [5, 5.41) is 6.89. The first-order chi connectivity index (χ1) is 11.7. The Morgan fingerprint density at radius 3 is 1.42 bits per heavy atom. The highest BCUT2D eigenvalue weighted by molar-refractivity contribution is 6.28. The molecule has 2 aromatic carbocycles. The number of imidazole rings is 1. The summed E-state index contributed by atoms with van der Waals surface area (Å²) < 4.78 is 0. The summed E-state index contributed by atoms with van der Waals surface area (Å²) >= 11 is 0. The van der Waals surface area contributed by atoms with Gasteiger partial charge in [-0.15, -0.1) is 0 Å². The summed E-state index contributed by atoms with van der Waals surface area (Å²) in [6, 6.07) is 13.9. The van der Waals surface area contributed by atoms with E-state index < -0.39 is 0 Å². The Labute approximate surface area is 137 Å². The largest absolute Gasteiger partial charge is 0.483 e. The molecule has 0 unspecified atom stereocenters. The van der Waals surface area contributed by atoms with Crippen molar-refractivity contribution in [2.75, 3.05) is 0 Å². The van der Waals surface area contributed by atoms with Crippen LogP contribution >= 0.6 is 0 Å². The average molecular weight is 322 g/mol. The van der Waals surface area contributed by atoms with Crippen LogP contribution < -0.4 is 0 Å². The van der Waals surface area contributed by atoms with Gasteiger partial charge in [0, 0.05) is 34.6 Å². The van der Waals surface area contributed by atoms with Crippen molar-refractivity contribution in [2.45, 2.75) is 0 Å². The van der Waals surface area contributed by atoms with E-state index in [1.807, 2.05) is 0 Å². The van der Waals surface area contributed by atoms with E-state index in [-0.39, 0.29) is 18.0 Å². The van der Waals surface area contributed by atoms with Crippen molar-refractivity contribution >= 4 is 18.0 Å². The highest BCUT2D eigenvalue weighted by atomic mass is 16.3. The van der Waals surface area contributed by atoms with Gasteiger partial charge in [0.2, 0.25) is 0 Å². The van der Waals surface area contributed by atoms with Gasteiger partial charge in [-0.3, -0.25) is 14.4 Å². The normalized spacial score (nSPS) is 11.0. The maximum atomic E-state index is 12.1. The highest BCUT2D eigenvalue weighted by Gasteiger charge is 2.28. The first kappa shape index (κ1) is 16.8. The molecule has 24 heavy (non-hydrogen) atoms. The molecule has 2 N–H and O–H groups in total. The topological polar surface area (TPSA) is 100 Å². The molecule has 4 rings (SSSR count). The number of H-pyrrole nitrogens is 1. The predicted molar refractivity (Wildman–Crippen MR) is 87.0 cm³/mol. The quantitative estimate of drug-likeness (QED) is 0.485. The van der Waals surface area contributed by atoms with Crippen molar-refractivity contribution in [3.8, 4) is 0 Å². The van der Waals surface area contributed by atoms with Gasteiger partial charge < -0.3 is 10.1 Å². The molecule has 1 aromatic heterocycles. The van der Waals surface area contributed by atoms with Gasteiger partial charge in [-0.1, -0.05) is 48.5 Å². The second-order valence-electron chi connectivity index (χ2n) is 4.62. The van der Waals surface area contributed by atoms with E-state index in [0.717, 1.165) is 0 Å². The summed E-state index contributed by atoms with van der Waals surface area (Å²) in [5.74, 6) is -0.128. The molecule has 0 aliphatic heterocycles. The molecule has 3 aromatic rings. The van der Waals surface area contributed by atoms with E-state index in [9.17, 15) is 9.59 Å². The van der Waals surface area contributed by atoms with E-state index in [1.54, 1.807) is 67.3 Å². The zero-order valence-corrected chi connectivity index (χ0v) is 12.5. The molecule has 1 aliphatic rings. The third kappa shape index (κ3) is 3.61. The Balaban J connectivity index is 0.000000217. The third-order valence-electron chi connectivity index (χ3n) is 3.24. The zero-order valence-electron chi connectivity index (χ0n) is 12.5. The second-order valence-corrected chi connectivity index (χ2v) is 4.62. The zero-order chi connectivity index (χ0) is 17.4. The Morgan fingerprint density at radius 1 is 0.833 bits per heavy atom. The standard InChI is InChI=1S/C14H8O2.C3H4N2.CH2O2/c15-13-9-5-1-2-6-10(9)14(16)12-8-4-3-7-11(12)13;1-2-5-3-4-1;2-1-3/h1-8H;1-3H,(H,4,5);1H,(H,2,3). The molecule has 0 saturated carbocycles. The molecule has 0 amide bonds. The molecule has 1 aliphatic carbocycles. The number of aromatic nitrogens is 2. The van der Waals surface area contributed by atoms with Crippen LogP contribution in [0.25, 0.3) is 0 Å². The molecule has 0 spiro atoms. The third-order valence-corrected chi connectivity index (χ3v) is 3.24. The van der Waals surface area contributed by atoms with E-state index in [2.05, 4.69) is 9.97 Å². The van der Waals surface area contributed by atoms with Crippen molar-refractivity contribution in [1.29, 1.82) is 0 Å². The van der Waals surface area contributed by atoms with Crippen LogP contribution in [-0.2, 0) is 4.79 Å². The molecule has 6 nitrogen and oxygen atoms in total. The number of fused-ring (bicyclic) bond motifs is 2. The molecular weight excluding hydrogens is 308 g/mol. The van der Waals surface area contributed by atoms with Gasteiger partial charge in [0.05, 0.1) is 6.33 Å². The van der Waals surface area contributed by atoms with Crippen LogP contribution in [0, 0.1) is 0 Å². The molecule has 0 bridgehead atoms. The monoisotopic (exact) mass is 322 g/mol. The highest BCUT2D eigenvalue weighted by Crippen LogP contribution is 2.26. The number of nitrogens with one attached hydrogen (secondary N) is 1. The number of nitrogens with zero attached hydrogens (tertiary/aromatic N) is 1. The minimum Gasteiger partial charge on any atom is -0.483 e.